The van der Waals surface area contributed by atoms with Crippen LogP contribution in [0.15, 0.2) is 30.6 Å². The number of aromatic nitrogens is 3. The number of rotatable bonds is 5. The Morgan fingerprint density at radius 2 is 2.19 bits per heavy atom. The van der Waals surface area contributed by atoms with Gasteiger partial charge >= 0.3 is 0 Å². The number of fused-ring (bicyclic) bond motifs is 2. The van der Waals surface area contributed by atoms with Gasteiger partial charge < -0.3 is 19.4 Å². The zero-order chi connectivity index (χ0) is 21.3. The van der Waals surface area contributed by atoms with E-state index in [1.165, 1.54) is 0 Å². The van der Waals surface area contributed by atoms with Crippen molar-refractivity contribution >= 4 is 5.91 Å². The number of carbonyl (C=O) groups excluding carboxylic acids is 1. The number of piperidine rings is 1. The summed E-state index contributed by atoms with van der Waals surface area (Å²) in [5.74, 6) is 0.893. The fourth-order valence-corrected chi connectivity index (χ4v) is 5.00. The molecule has 5 rings (SSSR count). The van der Waals surface area contributed by atoms with Crippen LogP contribution >= 0.6 is 0 Å². The molecule has 5 heterocycles. The Balaban J connectivity index is 1.24. The first-order chi connectivity index (χ1) is 15.1. The second-order valence-electron chi connectivity index (χ2n) is 8.93. The summed E-state index contributed by atoms with van der Waals surface area (Å²) in [7, 11) is 0. The molecule has 1 N–H and O–H groups in total. The maximum Gasteiger partial charge on any atom is 0.251 e. The minimum Gasteiger partial charge on any atom is -0.376 e. The fraction of sp³-hybridized carbons (Fsp3) is 0.609. The maximum atomic E-state index is 12.9. The maximum absolute atomic E-state index is 12.9. The van der Waals surface area contributed by atoms with Crippen LogP contribution in [-0.2, 0) is 33.0 Å². The minimum atomic E-state index is -0.510. The lowest BCUT2D eigenvalue weighted by atomic mass is 9.88. The van der Waals surface area contributed by atoms with Crippen molar-refractivity contribution in [2.75, 3.05) is 26.2 Å². The number of hydrogen-bond acceptors (Lipinski definition) is 6. The minimum absolute atomic E-state index is 0.0550. The predicted molar refractivity (Wildman–Crippen MR) is 114 cm³/mol. The van der Waals surface area contributed by atoms with Crippen LogP contribution in [0.4, 0.5) is 0 Å². The van der Waals surface area contributed by atoms with E-state index in [4.69, 9.17) is 9.47 Å². The molecule has 0 aliphatic carbocycles. The van der Waals surface area contributed by atoms with Crippen molar-refractivity contribution < 1.29 is 14.3 Å². The third kappa shape index (κ3) is 4.37. The highest BCUT2D eigenvalue weighted by atomic mass is 16.5. The molecule has 0 radical (unpaired) electrons. The highest BCUT2D eigenvalue weighted by molar-refractivity contribution is 5.81. The van der Waals surface area contributed by atoms with Gasteiger partial charge in [0.15, 0.2) is 6.10 Å². The number of nitrogens with one attached hydrogen (secondary N) is 1. The van der Waals surface area contributed by atoms with Crippen molar-refractivity contribution in [3.05, 3.63) is 47.8 Å². The fourth-order valence-electron chi connectivity index (χ4n) is 5.00. The van der Waals surface area contributed by atoms with Crippen molar-refractivity contribution in [1.82, 2.24) is 24.8 Å². The van der Waals surface area contributed by atoms with Gasteiger partial charge in [-0.25, -0.2) is 4.98 Å². The van der Waals surface area contributed by atoms with Crippen molar-refractivity contribution in [3.8, 4) is 0 Å². The molecule has 2 aromatic rings. The molecule has 1 amide bonds. The van der Waals surface area contributed by atoms with Gasteiger partial charge in [0, 0.05) is 50.9 Å². The molecule has 1 spiro atoms. The summed E-state index contributed by atoms with van der Waals surface area (Å²) in [6, 6.07) is 6.16. The van der Waals surface area contributed by atoms with Gasteiger partial charge in [-0.1, -0.05) is 6.07 Å². The molecule has 166 valence electrons. The third-order valence-corrected chi connectivity index (χ3v) is 6.67. The Bertz CT molecular complexity index is 915. The van der Waals surface area contributed by atoms with E-state index in [9.17, 15) is 4.79 Å². The zero-order valence-electron chi connectivity index (χ0n) is 18.1. The first kappa shape index (κ1) is 20.6. The van der Waals surface area contributed by atoms with E-state index in [2.05, 4.69) is 36.9 Å². The molecular weight excluding hydrogens is 394 g/mol. The summed E-state index contributed by atoms with van der Waals surface area (Å²) in [6.07, 6.45) is 7.09. The average molecular weight is 426 g/mol. The largest absolute Gasteiger partial charge is 0.376 e. The standard InChI is InChI=1S/C23H31N5O3/c1-17-4-2-5-18(26-17)15-27-10-7-23(8-11-27)22-24-9-12-28(22)16-20(31-23)21(29)25-14-19-6-3-13-30-19/h2,4-5,9,12,19-20H,3,6-8,10-11,13-16H2,1H3,(H,25,29)/t19-,20-/m0/s1. The SMILES string of the molecule is Cc1cccc(CN2CCC3(CC2)O[C@H](C(=O)NC[C@@H]2CCCO2)Cn2ccnc23)n1. The van der Waals surface area contributed by atoms with E-state index < -0.39 is 11.7 Å². The van der Waals surface area contributed by atoms with Crippen molar-refractivity contribution in [3.63, 3.8) is 0 Å². The molecule has 31 heavy (non-hydrogen) atoms. The molecule has 0 unspecified atom stereocenters. The lowest BCUT2D eigenvalue weighted by molar-refractivity contribution is -0.174. The molecule has 2 aromatic heterocycles. The molecule has 8 heteroatoms. The van der Waals surface area contributed by atoms with Crippen LogP contribution in [0.25, 0.3) is 0 Å². The summed E-state index contributed by atoms with van der Waals surface area (Å²) >= 11 is 0. The molecule has 0 bridgehead atoms. The number of ether oxygens (including phenoxy) is 2. The molecular formula is C23H31N5O3. The zero-order valence-corrected chi connectivity index (χ0v) is 18.1. The molecule has 2 saturated heterocycles. The number of pyridine rings is 1. The van der Waals surface area contributed by atoms with E-state index in [-0.39, 0.29) is 12.0 Å². The Morgan fingerprint density at radius 1 is 1.32 bits per heavy atom. The number of amides is 1. The first-order valence-electron chi connectivity index (χ1n) is 11.3. The topological polar surface area (TPSA) is 81.5 Å². The molecule has 3 aliphatic rings. The summed E-state index contributed by atoms with van der Waals surface area (Å²) < 4.78 is 14.2. The molecule has 2 fully saturated rings. The van der Waals surface area contributed by atoms with Gasteiger partial charge in [0.2, 0.25) is 0 Å². The second-order valence-corrected chi connectivity index (χ2v) is 8.93. The van der Waals surface area contributed by atoms with Crippen LogP contribution in [0.1, 0.15) is 42.9 Å². The summed E-state index contributed by atoms with van der Waals surface area (Å²) in [6.45, 7) is 6.47. The van der Waals surface area contributed by atoms with Gasteiger partial charge in [-0.3, -0.25) is 14.7 Å². The molecule has 0 aromatic carbocycles. The van der Waals surface area contributed by atoms with Gasteiger partial charge in [0.05, 0.1) is 18.3 Å². The Hall–Kier alpha value is -2.29. The van der Waals surface area contributed by atoms with Gasteiger partial charge in [0.25, 0.3) is 5.91 Å². The van der Waals surface area contributed by atoms with Gasteiger partial charge in [-0.15, -0.1) is 0 Å². The highest BCUT2D eigenvalue weighted by Crippen LogP contribution is 2.40. The molecule has 2 atom stereocenters. The lowest BCUT2D eigenvalue weighted by Crippen LogP contribution is -2.54. The first-order valence-corrected chi connectivity index (χ1v) is 11.3. The monoisotopic (exact) mass is 425 g/mol. The van der Waals surface area contributed by atoms with E-state index in [0.29, 0.717) is 13.1 Å². The smallest absolute Gasteiger partial charge is 0.251 e. The second kappa shape index (κ2) is 8.68. The number of nitrogens with zero attached hydrogens (tertiary/aromatic N) is 4. The number of carbonyl (C=O) groups is 1. The Labute approximate surface area is 183 Å². The van der Waals surface area contributed by atoms with E-state index >= 15 is 0 Å². The van der Waals surface area contributed by atoms with E-state index in [1.807, 2.05) is 25.4 Å². The summed E-state index contributed by atoms with van der Waals surface area (Å²) in [5.41, 5.74) is 1.62. The highest BCUT2D eigenvalue weighted by Gasteiger charge is 2.47. The lowest BCUT2D eigenvalue weighted by Gasteiger charge is -2.45. The summed E-state index contributed by atoms with van der Waals surface area (Å²) in [5, 5.41) is 3.04. The quantitative estimate of drug-likeness (QED) is 0.786. The number of likely N-dealkylation sites (tertiary alicyclic amines) is 1. The molecule has 3 aliphatic heterocycles. The Kier molecular flexibility index (Phi) is 5.77. The van der Waals surface area contributed by atoms with Gasteiger partial charge in [-0.2, -0.15) is 0 Å². The van der Waals surface area contributed by atoms with Crippen molar-refractivity contribution in [1.29, 1.82) is 0 Å². The Morgan fingerprint density at radius 3 is 2.97 bits per heavy atom. The third-order valence-electron chi connectivity index (χ3n) is 6.67. The normalized spacial score (nSPS) is 25.5. The number of hydrogen-bond donors (Lipinski definition) is 1. The van der Waals surface area contributed by atoms with E-state index in [1.54, 1.807) is 0 Å². The number of imidazole rings is 1. The average Bonchev–Trinajstić information content (AvgIpc) is 3.46. The van der Waals surface area contributed by atoms with Crippen LogP contribution in [0.5, 0.6) is 0 Å². The van der Waals surface area contributed by atoms with Crippen LogP contribution < -0.4 is 5.32 Å². The number of aryl methyl sites for hydroxylation is 1. The molecule has 0 saturated carbocycles. The van der Waals surface area contributed by atoms with Crippen LogP contribution in [0.2, 0.25) is 0 Å². The van der Waals surface area contributed by atoms with Crippen LogP contribution in [0, 0.1) is 6.92 Å². The van der Waals surface area contributed by atoms with Crippen LogP contribution in [0.3, 0.4) is 0 Å². The predicted octanol–water partition coefficient (Wildman–Crippen LogP) is 1.77. The van der Waals surface area contributed by atoms with Crippen molar-refractivity contribution in [2.24, 2.45) is 0 Å². The summed E-state index contributed by atoms with van der Waals surface area (Å²) in [4.78, 5) is 24.6. The van der Waals surface area contributed by atoms with Gasteiger partial charge in [0.1, 0.15) is 11.4 Å². The molecule has 8 nitrogen and oxygen atoms in total. The van der Waals surface area contributed by atoms with Crippen LogP contribution in [-0.4, -0.2) is 63.8 Å². The van der Waals surface area contributed by atoms with Gasteiger partial charge in [-0.05, 0) is 44.7 Å². The van der Waals surface area contributed by atoms with E-state index in [0.717, 1.165) is 69.1 Å². The van der Waals surface area contributed by atoms with Crippen molar-refractivity contribution in [2.45, 2.75) is 63.5 Å².